The van der Waals surface area contributed by atoms with Gasteiger partial charge in [-0.2, -0.15) is 4.31 Å². The first kappa shape index (κ1) is 22.8. The van der Waals surface area contributed by atoms with Gasteiger partial charge in [-0.25, -0.2) is 8.42 Å². The van der Waals surface area contributed by atoms with Crippen molar-refractivity contribution in [2.45, 2.75) is 54.6 Å². The van der Waals surface area contributed by atoms with Gasteiger partial charge in [0.25, 0.3) is 0 Å². The number of nitrogens with zero attached hydrogens (tertiary/aromatic N) is 4. The number of hydrogen-bond acceptors (Lipinski definition) is 6. The average molecular weight is 452 g/mol. The standard InChI is InChI=1S/C20H29N5O3S2/c1-24(30(27,28)17-11-4-3-5-12-17)15-19(26)21-14-8-13-18-22-23-20(29-2)25(18)16-9-6-7-10-16/h3-5,11-12,16H,6-10,13-15H2,1-2H3,(H,21,26). The van der Waals surface area contributed by atoms with Gasteiger partial charge < -0.3 is 9.88 Å². The Labute approximate surface area is 182 Å². The van der Waals surface area contributed by atoms with Crippen LogP contribution in [0.2, 0.25) is 0 Å². The molecule has 10 heteroatoms. The fourth-order valence-corrected chi connectivity index (χ4v) is 5.46. The predicted octanol–water partition coefficient (Wildman–Crippen LogP) is 2.48. The normalized spacial score (nSPS) is 15.0. The number of carbonyl (C=O) groups excluding carboxylic acids is 1. The minimum absolute atomic E-state index is 0.177. The molecule has 30 heavy (non-hydrogen) atoms. The van der Waals surface area contributed by atoms with E-state index in [1.165, 1.54) is 32.0 Å². The SMILES string of the molecule is CSc1nnc(CCCNC(=O)CN(C)S(=O)(=O)c2ccccc2)n1C1CCCC1. The van der Waals surface area contributed by atoms with Crippen LogP contribution >= 0.6 is 11.8 Å². The summed E-state index contributed by atoms with van der Waals surface area (Å²) in [6.07, 6.45) is 8.27. The highest BCUT2D eigenvalue weighted by Gasteiger charge is 2.24. The molecule has 8 nitrogen and oxygen atoms in total. The van der Waals surface area contributed by atoms with E-state index in [1.54, 1.807) is 30.0 Å². The number of amides is 1. The summed E-state index contributed by atoms with van der Waals surface area (Å²) in [4.78, 5) is 12.4. The average Bonchev–Trinajstić information content (AvgIpc) is 3.41. The van der Waals surface area contributed by atoms with Crippen LogP contribution in [0, 0.1) is 0 Å². The summed E-state index contributed by atoms with van der Waals surface area (Å²) in [5.74, 6) is 0.642. The van der Waals surface area contributed by atoms with Gasteiger partial charge in [-0.1, -0.05) is 42.8 Å². The molecule has 1 fully saturated rings. The second-order valence-electron chi connectivity index (χ2n) is 7.44. The molecule has 3 rings (SSSR count). The van der Waals surface area contributed by atoms with Crippen LogP contribution in [0.4, 0.5) is 0 Å². The van der Waals surface area contributed by atoms with E-state index < -0.39 is 10.0 Å². The summed E-state index contributed by atoms with van der Waals surface area (Å²) in [5, 5.41) is 12.4. The maximum absolute atomic E-state index is 12.5. The quantitative estimate of drug-likeness (QED) is 0.440. The smallest absolute Gasteiger partial charge is 0.243 e. The molecule has 0 unspecified atom stereocenters. The molecule has 1 aromatic heterocycles. The monoisotopic (exact) mass is 451 g/mol. The Kier molecular flexibility index (Phi) is 7.90. The molecule has 1 amide bonds. The van der Waals surface area contributed by atoms with Crippen LogP contribution < -0.4 is 5.32 Å². The number of thioether (sulfide) groups is 1. The first-order valence-corrected chi connectivity index (χ1v) is 12.9. The van der Waals surface area contributed by atoms with Crippen LogP contribution in [0.5, 0.6) is 0 Å². The van der Waals surface area contributed by atoms with Crippen LogP contribution in [0.3, 0.4) is 0 Å². The number of aromatic nitrogens is 3. The topological polar surface area (TPSA) is 97.2 Å². The third-order valence-corrected chi connectivity index (χ3v) is 7.79. The minimum Gasteiger partial charge on any atom is -0.355 e. The van der Waals surface area contributed by atoms with Gasteiger partial charge in [0.1, 0.15) is 5.82 Å². The lowest BCUT2D eigenvalue weighted by atomic mass is 10.2. The molecule has 1 aliphatic rings. The first-order valence-electron chi connectivity index (χ1n) is 10.2. The second-order valence-corrected chi connectivity index (χ2v) is 10.3. The van der Waals surface area contributed by atoms with E-state index in [1.807, 2.05) is 6.26 Å². The van der Waals surface area contributed by atoms with Gasteiger partial charge in [0.05, 0.1) is 11.4 Å². The Hall–Kier alpha value is -1.91. The molecule has 164 valence electrons. The summed E-state index contributed by atoms with van der Waals surface area (Å²) in [6, 6.07) is 8.59. The van der Waals surface area contributed by atoms with Crippen molar-refractivity contribution >= 4 is 27.7 Å². The van der Waals surface area contributed by atoms with Gasteiger partial charge in [0, 0.05) is 26.1 Å². The molecule has 0 radical (unpaired) electrons. The van der Waals surface area contributed by atoms with E-state index in [0.717, 1.165) is 41.0 Å². The summed E-state index contributed by atoms with van der Waals surface area (Å²) < 4.78 is 28.3. The van der Waals surface area contributed by atoms with Crippen LogP contribution in [-0.4, -0.2) is 59.8 Å². The van der Waals surface area contributed by atoms with Crippen molar-refractivity contribution in [2.75, 3.05) is 26.4 Å². The van der Waals surface area contributed by atoms with E-state index in [0.29, 0.717) is 12.6 Å². The van der Waals surface area contributed by atoms with E-state index in [9.17, 15) is 13.2 Å². The zero-order valence-corrected chi connectivity index (χ0v) is 19.1. The van der Waals surface area contributed by atoms with Crippen LogP contribution in [0.25, 0.3) is 0 Å². The summed E-state index contributed by atoms with van der Waals surface area (Å²) in [6.45, 7) is 0.246. The number of benzene rings is 1. The first-order chi connectivity index (χ1) is 14.4. The van der Waals surface area contributed by atoms with Crippen molar-refractivity contribution in [3.8, 4) is 0 Å². The van der Waals surface area contributed by atoms with E-state index in [-0.39, 0.29) is 17.3 Å². The summed E-state index contributed by atoms with van der Waals surface area (Å²) in [5.41, 5.74) is 0. The predicted molar refractivity (Wildman–Crippen MR) is 117 cm³/mol. The highest BCUT2D eigenvalue weighted by atomic mass is 32.2. The summed E-state index contributed by atoms with van der Waals surface area (Å²) in [7, 11) is -2.26. The fraction of sp³-hybridized carbons (Fsp3) is 0.550. The highest BCUT2D eigenvalue weighted by Crippen LogP contribution is 2.33. The molecule has 1 heterocycles. The molecular formula is C20H29N5O3S2. The molecule has 0 spiro atoms. The van der Waals surface area contributed by atoms with Gasteiger partial charge in [0.15, 0.2) is 5.16 Å². The Bertz CT molecular complexity index is 941. The molecule has 1 aromatic carbocycles. The molecule has 0 bridgehead atoms. The largest absolute Gasteiger partial charge is 0.355 e. The maximum Gasteiger partial charge on any atom is 0.243 e. The maximum atomic E-state index is 12.5. The van der Waals surface area contributed by atoms with Crippen LogP contribution in [-0.2, 0) is 21.2 Å². The van der Waals surface area contributed by atoms with Crippen molar-refractivity contribution in [1.82, 2.24) is 24.4 Å². The van der Waals surface area contributed by atoms with E-state index in [2.05, 4.69) is 20.1 Å². The number of nitrogens with one attached hydrogen (secondary N) is 1. The van der Waals surface area contributed by atoms with Crippen molar-refractivity contribution in [3.63, 3.8) is 0 Å². The molecule has 1 saturated carbocycles. The van der Waals surface area contributed by atoms with E-state index >= 15 is 0 Å². The number of aryl methyl sites for hydroxylation is 1. The molecule has 2 aromatic rings. The lowest BCUT2D eigenvalue weighted by Gasteiger charge is -2.17. The highest BCUT2D eigenvalue weighted by molar-refractivity contribution is 7.98. The van der Waals surface area contributed by atoms with Crippen molar-refractivity contribution in [2.24, 2.45) is 0 Å². The molecule has 1 aliphatic carbocycles. The molecule has 0 atom stereocenters. The Morgan fingerprint density at radius 3 is 2.60 bits per heavy atom. The minimum atomic E-state index is -3.67. The van der Waals surface area contributed by atoms with Crippen molar-refractivity contribution < 1.29 is 13.2 Å². The number of hydrogen-bond donors (Lipinski definition) is 1. The van der Waals surface area contributed by atoms with E-state index in [4.69, 9.17) is 0 Å². The summed E-state index contributed by atoms with van der Waals surface area (Å²) >= 11 is 1.61. The lowest BCUT2D eigenvalue weighted by Crippen LogP contribution is -2.38. The number of sulfonamides is 1. The molecular weight excluding hydrogens is 422 g/mol. The number of carbonyl (C=O) groups is 1. The number of likely N-dealkylation sites (N-methyl/N-ethyl adjacent to an activating group) is 1. The third kappa shape index (κ3) is 5.41. The molecule has 0 saturated heterocycles. The van der Waals surface area contributed by atoms with Crippen LogP contribution in [0.1, 0.15) is 44.0 Å². The lowest BCUT2D eigenvalue weighted by molar-refractivity contribution is -0.121. The third-order valence-electron chi connectivity index (χ3n) is 5.32. The zero-order chi connectivity index (χ0) is 21.6. The van der Waals surface area contributed by atoms with Gasteiger partial charge in [-0.15, -0.1) is 10.2 Å². The number of rotatable bonds is 10. The molecule has 0 aliphatic heterocycles. The van der Waals surface area contributed by atoms with Crippen molar-refractivity contribution in [3.05, 3.63) is 36.2 Å². The van der Waals surface area contributed by atoms with Crippen molar-refractivity contribution in [1.29, 1.82) is 0 Å². The second kappa shape index (κ2) is 10.4. The Morgan fingerprint density at radius 1 is 1.23 bits per heavy atom. The Balaban J connectivity index is 1.48. The van der Waals surface area contributed by atoms with Gasteiger partial charge >= 0.3 is 0 Å². The van der Waals surface area contributed by atoms with Gasteiger partial charge in [-0.3, -0.25) is 4.79 Å². The van der Waals surface area contributed by atoms with Gasteiger partial charge in [-0.05, 0) is 37.7 Å². The zero-order valence-electron chi connectivity index (χ0n) is 17.5. The van der Waals surface area contributed by atoms with Gasteiger partial charge in [0.2, 0.25) is 15.9 Å². The van der Waals surface area contributed by atoms with Crippen LogP contribution in [0.15, 0.2) is 40.4 Å². The fourth-order valence-electron chi connectivity index (χ4n) is 3.74. The molecule has 1 N–H and O–H groups in total. The Morgan fingerprint density at radius 2 is 1.93 bits per heavy atom.